The normalized spacial score (nSPS) is 24.1. The molecule has 0 spiro atoms. The highest BCUT2D eigenvalue weighted by atomic mass is 32.2. The van der Waals surface area contributed by atoms with Crippen LogP contribution in [-0.2, 0) is 48.6 Å². The topological polar surface area (TPSA) is 198 Å². The zero-order valence-corrected chi connectivity index (χ0v) is 25.6. The number of hydrogen-bond acceptors (Lipinski definition) is 12. The lowest BCUT2D eigenvalue weighted by molar-refractivity contribution is -0.235. The fraction of sp³-hybridized carbons (Fsp3) is 0.357. The second-order valence-electron chi connectivity index (χ2n) is 10.3. The molecule has 2 amide bonds. The van der Waals surface area contributed by atoms with Crippen molar-refractivity contribution in [3.05, 3.63) is 71.8 Å². The minimum absolute atomic E-state index is 0.187. The van der Waals surface area contributed by atoms with Crippen LogP contribution in [0, 0.1) is 25.7 Å². The molecule has 16 heteroatoms. The summed E-state index contributed by atoms with van der Waals surface area (Å²) in [5, 5.41) is 0. The molecule has 2 aliphatic rings. The fourth-order valence-electron chi connectivity index (χ4n) is 5.00. The maximum Gasteiger partial charge on any atom is 0.421 e. The Labute approximate surface area is 253 Å². The van der Waals surface area contributed by atoms with Crippen LogP contribution in [0.25, 0.3) is 0 Å². The van der Waals surface area contributed by atoms with Crippen LogP contribution in [0.5, 0.6) is 0 Å². The van der Waals surface area contributed by atoms with Crippen molar-refractivity contribution in [2.24, 2.45) is 11.8 Å². The van der Waals surface area contributed by atoms with E-state index < -0.39 is 80.4 Å². The molecule has 1 saturated carbocycles. The number of nitrogens with one attached hydrogen (secondary N) is 2. The van der Waals surface area contributed by atoms with Crippen LogP contribution in [0.4, 0.5) is 9.59 Å². The lowest BCUT2D eigenvalue weighted by Gasteiger charge is -2.54. The second-order valence-corrected chi connectivity index (χ2v) is 13.6. The first-order valence-electron chi connectivity index (χ1n) is 13.2. The zero-order valence-electron chi connectivity index (χ0n) is 24.0. The van der Waals surface area contributed by atoms with Crippen molar-refractivity contribution in [3.8, 4) is 0 Å². The maximum absolute atomic E-state index is 12.7. The molecule has 0 bridgehead atoms. The van der Waals surface area contributed by atoms with E-state index in [9.17, 15) is 36.0 Å². The van der Waals surface area contributed by atoms with Gasteiger partial charge in [-0.1, -0.05) is 35.4 Å². The Balaban J connectivity index is 1.55. The Hall–Kier alpha value is -4.44. The van der Waals surface area contributed by atoms with E-state index in [1.165, 1.54) is 36.4 Å². The lowest BCUT2D eigenvalue weighted by Crippen LogP contribution is -2.68. The Morgan fingerprint density at radius 3 is 1.18 bits per heavy atom. The summed E-state index contributed by atoms with van der Waals surface area (Å²) < 4.78 is 75.7. The van der Waals surface area contributed by atoms with Crippen molar-refractivity contribution < 1.29 is 55.0 Å². The third-order valence-electron chi connectivity index (χ3n) is 6.96. The van der Waals surface area contributed by atoms with E-state index in [-0.39, 0.29) is 9.79 Å². The quantitative estimate of drug-likeness (QED) is 0.240. The maximum atomic E-state index is 12.7. The van der Waals surface area contributed by atoms with Crippen molar-refractivity contribution in [2.45, 2.75) is 61.9 Å². The molecule has 44 heavy (non-hydrogen) atoms. The molecule has 236 valence electrons. The highest BCUT2D eigenvalue weighted by Crippen LogP contribution is 2.48. The molecule has 2 aliphatic carbocycles. The minimum Gasteiger partial charge on any atom is -0.458 e. The Morgan fingerprint density at radius 1 is 0.568 bits per heavy atom. The first-order chi connectivity index (χ1) is 20.6. The molecule has 0 heterocycles. The molecule has 0 saturated heterocycles. The monoisotopic (exact) mass is 650 g/mol. The van der Waals surface area contributed by atoms with Gasteiger partial charge in [0.1, 0.15) is 24.4 Å². The van der Waals surface area contributed by atoms with E-state index in [1.807, 2.05) is 9.44 Å². The van der Waals surface area contributed by atoms with E-state index in [2.05, 4.69) is 0 Å². The van der Waals surface area contributed by atoms with Gasteiger partial charge in [-0.2, -0.15) is 0 Å². The van der Waals surface area contributed by atoms with Crippen molar-refractivity contribution in [3.63, 3.8) is 0 Å². The largest absolute Gasteiger partial charge is 0.458 e. The summed E-state index contributed by atoms with van der Waals surface area (Å²) >= 11 is 0. The van der Waals surface area contributed by atoms with Crippen LogP contribution in [0.1, 0.15) is 25.0 Å². The Morgan fingerprint density at radius 2 is 0.886 bits per heavy atom. The number of aryl methyl sites for hydroxylation is 2. The van der Waals surface area contributed by atoms with E-state index >= 15 is 0 Å². The second kappa shape index (κ2) is 12.7. The van der Waals surface area contributed by atoms with E-state index in [4.69, 9.17) is 18.9 Å². The van der Waals surface area contributed by atoms with Crippen LogP contribution in [0.3, 0.4) is 0 Å². The van der Waals surface area contributed by atoms with Gasteiger partial charge in [-0.15, -0.1) is 0 Å². The summed E-state index contributed by atoms with van der Waals surface area (Å²) in [6, 6.07) is 11.4. The third kappa shape index (κ3) is 7.37. The molecule has 0 radical (unpaired) electrons. The molecular formula is C28H30N2O12S2. The van der Waals surface area contributed by atoms with Crippen molar-refractivity contribution >= 4 is 44.2 Å². The van der Waals surface area contributed by atoms with Crippen molar-refractivity contribution in [2.75, 3.05) is 0 Å². The molecule has 2 N–H and O–H groups in total. The molecule has 0 aliphatic heterocycles. The third-order valence-corrected chi connectivity index (χ3v) is 9.62. The molecule has 6 atom stereocenters. The van der Waals surface area contributed by atoms with Crippen LogP contribution >= 0.6 is 0 Å². The smallest absolute Gasteiger partial charge is 0.421 e. The van der Waals surface area contributed by atoms with Crippen LogP contribution in [-0.4, -0.2) is 65.4 Å². The van der Waals surface area contributed by atoms with Crippen LogP contribution < -0.4 is 9.44 Å². The number of benzene rings is 2. The molecule has 0 aromatic heterocycles. The van der Waals surface area contributed by atoms with Gasteiger partial charge in [0, 0.05) is 13.8 Å². The Kier molecular flexibility index (Phi) is 9.34. The van der Waals surface area contributed by atoms with Gasteiger partial charge >= 0.3 is 24.1 Å². The SMILES string of the molecule is CC(=O)O[C@@H]1[C@@H](OC(C)=O)[C@H]2[C@@H]1[C@H](OC(=O)NS(=O)(=O)c1ccc(C)cc1)C=C[C@@H]2OC(=O)NS(=O)(=O)c1ccc(C)cc1. The zero-order chi connectivity index (χ0) is 32.4. The van der Waals surface area contributed by atoms with Crippen LogP contribution in [0.2, 0.25) is 0 Å². The standard InChI is InChI=1S/C28H30N2O12S2/c1-15-5-9-19(10-6-15)43(35,36)29-27(33)41-21-13-14-22(24-23(21)25(39-17(3)31)26(24)40-18(4)32)42-28(34)30-44(37,38)20-11-7-16(2)8-12-20/h5-14,21-26H,1-4H3,(H,29,33)(H,30,34)/t21-,22+,23+,24-,25-,26-/m0/s1. The average Bonchev–Trinajstić information content (AvgIpc) is 2.91. The van der Waals surface area contributed by atoms with Gasteiger partial charge in [0.2, 0.25) is 0 Å². The van der Waals surface area contributed by atoms with E-state index in [0.29, 0.717) is 0 Å². The molecule has 2 aromatic carbocycles. The summed E-state index contributed by atoms with van der Waals surface area (Å²) in [4.78, 5) is 48.8. The van der Waals surface area contributed by atoms with Gasteiger partial charge in [0.15, 0.2) is 0 Å². The van der Waals surface area contributed by atoms with Gasteiger partial charge in [-0.3, -0.25) is 9.59 Å². The molecule has 14 nitrogen and oxygen atoms in total. The van der Waals surface area contributed by atoms with Gasteiger partial charge in [-0.05, 0) is 50.3 Å². The predicted molar refractivity (Wildman–Crippen MR) is 151 cm³/mol. The van der Waals surface area contributed by atoms with Crippen LogP contribution in [0.15, 0.2) is 70.5 Å². The summed E-state index contributed by atoms with van der Waals surface area (Å²) in [6.07, 6.45) is -4.98. The van der Waals surface area contributed by atoms with Crippen molar-refractivity contribution in [1.82, 2.24) is 9.44 Å². The van der Waals surface area contributed by atoms with E-state index in [0.717, 1.165) is 25.0 Å². The van der Waals surface area contributed by atoms with Gasteiger partial charge in [-0.25, -0.2) is 35.9 Å². The lowest BCUT2D eigenvalue weighted by atomic mass is 9.60. The first-order valence-corrected chi connectivity index (χ1v) is 16.2. The Bertz CT molecular complexity index is 1560. The van der Waals surface area contributed by atoms with Gasteiger partial charge in [0.25, 0.3) is 20.0 Å². The number of hydrogen-bond donors (Lipinski definition) is 2. The number of rotatable bonds is 8. The predicted octanol–water partition coefficient (Wildman–Crippen LogP) is 2.25. The number of ether oxygens (including phenoxy) is 4. The summed E-state index contributed by atoms with van der Waals surface area (Å²) in [5.74, 6) is -3.48. The highest BCUT2D eigenvalue weighted by Gasteiger charge is 2.63. The highest BCUT2D eigenvalue weighted by molar-refractivity contribution is 7.90. The number of carbonyl (C=O) groups excluding carboxylic acids is 4. The summed E-state index contributed by atoms with van der Waals surface area (Å²) in [5.41, 5.74) is 1.60. The molecule has 2 aromatic rings. The molecule has 1 fully saturated rings. The van der Waals surface area contributed by atoms with Gasteiger partial charge < -0.3 is 18.9 Å². The van der Waals surface area contributed by atoms with Crippen molar-refractivity contribution in [1.29, 1.82) is 0 Å². The summed E-state index contributed by atoms with van der Waals surface area (Å²) in [6.45, 7) is 5.72. The number of fused-ring (bicyclic) bond motifs is 1. The van der Waals surface area contributed by atoms with E-state index in [1.54, 1.807) is 38.1 Å². The fourth-order valence-corrected chi connectivity index (χ4v) is 6.76. The molecular weight excluding hydrogens is 620 g/mol. The number of amides is 2. The number of carbonyl (C=O) groups is 4. The minimum atomic E-state index is -4.31. The summed E-state index contributed by atoms with van der Waals surface area (Å²) in [7, 11) is -8.61. The number of esters is 2. The molecule has 0 unspecified atom stereocenters. The number of sulfonamides is 2. The molecule has 4 rings (SSSR count). The average molecular weight is 651 g/mol. The van der Waals surface area contributed by atoms with Gasteiger partial charge in [0.05, 0.1) is 21.6 Å². The first kappa shape index (κ1) is 32.5.